The minimum Gasteiger partial charge on any atom is -0.318 e. The number of carbonyl (C=O) groups excluding carboxylic acids is 1. The third kappa shape index (κ3) is 2.80. The summed E-state index contributed by atoms with van der Waals surface area (Å²) in [6.07, 6.45) is 0. The zero-order valence-corrected chi connectivity index (χ0v) is 13.6. The van der Waals surface area contributed by atoms with Gasteiger partial charge in [-0.1, -0.05) is 40.7 Å². The first-order valence-corrected chi connectivity index (χ1v) is 7.83. The summed E-state index contributed by atoms with van der Waals surface area (Å²) in [6.45, 7) is 3.96. The Bertz CT molecular complexity index is 901. The molecule has 1 heterocycles. The number of aryl methyl sites for hydroxylation is 3. The van der Waals surface area contributed by atoms with Gasteiger partial charge in [0.15, 0.2) is 0 Å². The molecular formula is C17H17N3OS. The maximum Gasteiger partial charge on any atom is 0.271 e. The molecule has 0 bridgehead atoms. The Labute approximate surface area is 132 Å². The second-order valence-corrected chi connectivity index (χ2v) is 6.35. The first kappa shape index (κ1) is 14.5. The molecule has 0 radical (unpaired) electrons. The Hall–Kier alpha value is -2.40. The third-order valence-electron chi connectivity index (χ3n) is 3.45. The lowest BCUT2D eigenvalue weighted by atomic mass is 10.1. The first-order valence-electron chi connectivity index (χ1n) is 7.01. The summed E-state index contributed by atoms with van der Waals surface area (Å²) in [6, 6.07) is 13.8. The SMILES string of the molecule is Cc1cc(C)cc(C(=O)N/N=c2\sc3ccccc3n2C)c1. The predicted molar refractivity (Wildman–Crippen MR) is 89.7 cm³/mol. The highest BCUT2D eigenvalue weighted by Gasteiger charge is 2.06. The molecule has 0 saturated carbocycles. The van der Waals surface area contributed by atoms with Gasteiger partial charge in [-0.25, -0.2) is 5.43 Å². The fraction of sp³-hybridized carbons (Fsp3) is 0.176. The molecule has 0 aliphatic heterocycles. The van der Waals surface area contributed by atoms with Crippen molar-refractivity contribution in [3.05, 3.63) is 64.0 Å². The molecule has 0 fully saturated rings. The van der Waals surface area contributed by atoms with E-state index in [1.54, 1.807) is 11.3 Å². The molecule has 0 unspecified atom stereocenters. The smallest absolute Gasteiger partial charge is 0.271 e. The van der Waals surface area contributed by atoms with Crippen LogP contribution >= 0.6 is 11.3 Å². The predicted octanol–water partition coefficient (Wildman–Crippen LogP) is 3.10. The largest absolute Gasteiger partial charge is 0.318 e. The second kappa shape index (κ2) is 5.77. The van der Waals surface area contributed by atoms with Crippen LogP contribution in [0, 0.1) is 13.8 Å². The van der Waals surface area contributed by atoms with Gasteiger partial charge in [0.25, 0.3) is 5.91 Å². The van der Waals surface area contributed by atoms with E-state index in [9.17, 15) is 4.79 Å². The highest BCUT2D eigenvalue weighted by molar-refractivity contribution is 7.16. The van der Waals surface area contributed by atoms with Gasteiger partial charge in [-0.15, -0.1) is 5.10 Å². The summed E-state index contributed by atoms with van der Waals surface area (Å²) >= 11 is 1.55. The van der Waals surface area contributed by atoms with E-state index in [1.807, 2.05) is 67.9 Å². The molecule has 5 heteroatoms. The van der Waals surface area contributed by atoms with Crippen LogP contribution in [0.25, 0.3) is 10.2 Å². The second-order valence-electron chi connectivity index (χ2n) is 5.34. The number of amides is 1. The zero-order chi connectivity index (χ0) is 15.7. The molecule has 0 aliphatic rings. The van der Waals surface area contributed by atoms with Gasteiger partial charge in [0.2, 0.25) is 4.80 Å². The third-order valence-corrected chi connectivity index (χ3v) is 4.56. The van der Waals surface area contributed by atoms with E-state index in [4.69, 9.17) is 0 Å². The molecule has 0 atom stereocenters. The standard InChI is InChI=1S/C17H17N3OS/c1-11-8-12(2)10-13(9-11)16(21)18-19-17-20(3)14-6-4-5-7-15(14)22-17/h4-10H,1-3H3,(H,18,21)/b19-17-. The lowest BCUT2D eigenvalue weighted by molar-refractivity contribution is 0.0953. The summed E-state index contributed by atoms with van der Waals surface area (Å²) in [5.74, 6) is -0.191. The van der Waals surface area contributed by atoms with Crippen LogP contribution in [0.1, 0.15) is 21.5 Å². The number of para-hydroxylation sites is 1. The van der Waals surface area contributed by atoms with E-state index < -0.39 is 0 Å². The van der Waals surface area contributed by atoms with Gasteiger partial charge in [-0.05, 0) is 38.1 Å². The summed E-state index contributed by atoms with van der Waals surface area (Å²) in [7, 11) is 1.95. The molecule has 0 spiro atoms. The number of carbonyl (C=O) groups is 1. The first-order chi connectivity index (χ1) is 10.5. The lowest BCUT2D eigenvalue weighted by Gasteiger charge is -2.03. The molecule has 1 N–H and O–H groups in total. The normalized spacial score (nSPS) is 11.9. The summed E-state index contributed by atoms with van der Waals surface area (Å²) in [5.41, 5.74) is 6.51. The topological polar surface area (TPSA) is 46.4 Å². The molecule has 22 heavy (non-hydrogen) atoms. The van der Waals surface area contributed by atoms with Crippen molar-refractivity contribution in [3.63, 3.8) is 0 Å². The van der Waals surface area contributed by atoms with Crippen molar-refractivity contribution in [1.29, 1.82) is 0 Å². The van der Waals surface area contributed by atoms with E-state index in [1.165, 1.54) is 0 Å². The van der Waals surface area contributed by atoms with Crippen molar-refractivity contribution in [2.24, 2.45) is 12.1 Å². The number of nitrogens with one attached hydrogen (secondary N) is 1. The Morgan fingerprint density at radius 3 is 2.50 bits per heavy atom. The van der Waals surface area contributed by atoms with Crippen LogP contribution < -0.4 is 10.2 Å². The molecule has 1 amide bonds. The van der Waals surface area contributed by atoms with E-state index in [0.717, 1.165) is 26.1 Å². The van der Waals surface area contributed by atoms with Gasteiger partial charge in [-0.3, -0.25) is 4.79 Å². The lowest BCUT2D eigenvalue weighted by Crippen LogP contribution is -2.23. The van der Waals surface area contributed by atoms with Gasteiger partial charge in [0.05, 0.1) is 10.2 Å². The zero-order valence-electron chi connectivity index (χ0n) is 12.8. The van der Waals surface area contributed by atoms with E-state index in [0.29, 0.717) is 5.56 Å². The average molecular weight is 311 g/mol. The molecule has 1 aromatic heterocycles. The van der Waals surface area contributed by atoms with E-state index >= 15 is 0 Å². The number of nitrogens with zero attached hydrogens (tertiary/aromatic N) is 2. The van der Waals surface area contributed by atoms with Crippen LogP contribution in [0.3, 0.4) is 0 Å². The molecule has 2 aromatic carbocycles. The number of hydrogen-bond acceptors (Lipinski definition) is 3. The van der Waals surface area contributed by atoms with Crippen LogP contribution in [-0.4, -0.2) is 10.5 Å². The van der Waals surface area contributed by atoms with Crippen LogP contribution in [-0.2, 0) is 7.05 Å². The molecule has 3 aromatic rings. The minimum absolute atomic E-state index is 0.191. The van der Waals surface area contributed by atoms with E-state index in [2.05, 4.69) is 10.5 Å². The van der Waals surface area contributed by atoms with Gasteiger partial charge in [0.1, 0.15) is 0 Å². The van der Waals surface area contributed by atoms with Crippen LogP contribution in [0.4, 0.5) is 0 Å². The van der Waals surface area contributed by atoms with Gasteiger partial charge in [-0.2, -0.15) is 0 Å². The maximum atomic E-state index is 12.2. The van der Waals surface area contributed by atoms with Crippen molar-refractivity contribution < 1.29 is 4.79 Å². The number of hydrogen-bond donors (Lipinski definition) is 1. The van der Waals surface area contributed by atoms with Crippen molar-refractivity contribution in [1.82, 2.24) is 9.99 Å². The summed E-state index contributed by atoms with van der Waals surface area (Å²) < 4.78 is 3.12. The highest BCUT2D eigenvalue weighted by atomic mass is 32.1. The number of thiazole rings is 1. The van der Waals surface area contributed by atoms with Crippen LogP contribution in [0.15, 0.2) is 47.6 Å². The van der Waals surface area contributed by atoms with Crippen molar-refractivity contribution in [3.8, 4) is 0 Å². The molecule has 4 nitrogen and oxygen atoms in total. The number of fused-ring (bicyclic) bond motifs is 1. The number of aromatic nitrogens is 1. The maximum absolute atomic E-state index is 12.2. The van der Waals surface area contributed by atoms with E-state index in [-0.39, 0.29) is 5.91 Å². The number of rotatable bonds is 2. The Morgan fingerprint density at radius 2 is 1.82 bits per heavy atom. The van der Waals surface area contributed by atoms with Gasteiger partial charge in [0, 0.05) is 12.6 Å². The molecule has 0 aliphatic carbocycles. The Morgan fingerprint density at radius 1 is 1.14 bits per heavy atom. The van der Waals surface area contributed by atoms with Crippen LogP contribution in [0.2, 0.25) is 0 Å². The monoisotopic (exact) mass is 311 g/mol. The fourth-order valence-electron chi connectivity index (χ4n) is 2.46. The van der Waals surface area contributed by atoms with Crippen molar-refractivity contribution in [2.45, 2.75) is 13.8 Å². The summed E-state index contributed by atoms with van der Waals surface area (Å²) in [4.78, 5) is 13.0. The highest BCUT2D eigenvalue weighted by Crippen LogP contribution is 2.15. The number of benzene rings is 2. The molecular weight excluding hydrogens is 294 g/mol. The molecule has 112 valence electrons. The van der Waals surface area contributed by atoms with Crippen molar-refractivity contribution in [2.75, 3.05) is 0 Å². The van der Waals surface area contributed by atoms with Gasteiger partial charge < -0.3 is 4.57 Å². The van der Waals surface area contributed by atoms with Crippen molar-refractivity contribution >= 4 is 27.5 Å². The quantitative estimate of drug-likeness (QED) is 0.726. The summed E-state index contributed by atoms with van der Waals surface area (Å²) in [5, 5.41) is 4.26. The minimum atomic E-state index is -0.191. The average Bonchev–Trinajstić information content (AvgIpc) is 2.81. The molecule has 3 rings (SSSR count). The molecule has 0 saturated heterocycles. The Kier molecular flexibility index (Phi) is 3.81. The Balaban J connectivity index is 1.92. The van der Waals surface area contributed by atoms with Crippen LogP contribution in [0.5, 0.6) is 0 Å². The fourth-order valence-corrected chi connectivity index (χ4v) is 3.44. The van der Waals surface area contributed by atoms with Gasteiger partial charge >= 0.3 is 0 Å².